The first-order valence-electron chi connectivity index (χ1n) is 10.00. The number of benzene rings is 1. The molecule has 1 aromatic heterocycles. The Hall–Kier alpha value is -2.64. The van der Waals surface area contributed by atoms with Crippen molar-refractivity contribution in [3.8, 4) is 0 Å². The second kappa shape index (κ2) is 7.77. The Morgan fingerprint density at radius 2 is 2.00 bits per heavy atom. The molecule has 2 heterocycles. The molecule has 0 radical (unpaired) electrons. The molecule has 28 heavy (non-hydrogen) atoms. The van der Waals surface area contributed by atoms with E-state index in [2.05, 4.69) is 10.4 Å². The lowest BCUT2D eigenvalue weighted by Gasteiger charge is -2.32. The van der Waals surface area contributed by atoms with E-state index < -0.39 is 0 Å². The number of rotatable bonds is 3. The largest absolute Gasteiger partial charge is 0.345 e. The molecule has 2 aliphatic rings. The molecule has 1 aromatic carbocycles. The Morgan fingerprint density at radius 1 is 1.21 bits per heavy atom. The topological polar surface area (TPSA) is 72.2 Å². The van der Waals surface area contributed by atoms with Crippen LogP contribution in [0.3, 0.4) is 0 Å². The van der Waals surface area contributed by atoms with E-state index in [1.807, 2.05) is 4.57 Å². The average Bonchev–Trinajstić information content (AvgIpc) is 3.30. The van der Waals surface area contributed by atoms with Crippen molar-refractivity contribution in [3.05, 3.63) is 46.4 Å². The third-order valence-electron chi connectivity index (χ3n) is 5.82. The van der Waals surface area contributed by atoms with Crippen LogP contribution in [0.1, 0.15) is 56.3 Å². The highest BCUT2D eigenvalue weighted by Gasteiger charge is 2.32. The Bertz CT molecular complexity index is 916. The molecule has 1 aliphatic heterocycles. The summed E-state index contributed by atoms with van der Waals surface area (Å²) in [6, 6.07) is 5.84. The van der Waals surface area contributed by atoms with Crippen molar-refractivity contribution in [2.75, 3.05) is 18.4 Å². The van der Waals surface area contributed by atoms with Gasteiger partial charge in [0.15, 0.2) is 0 Å². The number of aromatic nitrogens is 3. The highest BCUT2D eigenvalue weighted by molar-refractivity contribution is 5.89. The number of anilines is 1. The van der Waals surface area contributed by atoms with Crippen LogP contribution in [0, 0.1) is 5.82 Å². The lowest BCUT2D eigenvalue weighted by atomic mass is 9.97. The number of halogens is 1. The van der Waals surface area contributed by atoms with E-state index in [0.717, 1.165) is 44.3 Å². The molecule has 1 saturated carbocycles. The number of amides is 2. The summed E-state index contributed by atoms with van der Waals surface area (Å²) in [6.07, 6.45) is 6.03. The highest BCUT2D eigenvalue weighted by atomic mass is 19.1. The summed E-state index contributed by atoms with van der Waals surface area (Å²) < 4.78 is 16.7. The number of urea groups is 1. The number of carbonyl (C=O) groups excluding carboxylic acids is 1. The van der Waals surface area contributed by atoms with Gasteiger partial charge in [-0.25, -0.2) is 18.7 Å². The fourth-order valence-electron chi connectivity index (χ4n) is 4.42. The van der Waals surface area contributed by atoms with Gasteiger partial charge in [0.1, 0.15) is 11.6 Å². The van der Waals surface area contributed by atoms with Crippen LogP contribution in [0.15, 0.2) is 29.1 Å². The number of hydrogen-bond donors (Lipinski definition) is 1. The van der Waals surface area contributed by atoms with Crippen molar-refractivity contribution in [1.82, 2.24) is 19.2 Å². The quantitative estimate of drug-likeness (QED) is 0.879. The van der Waals surface area contributed by atoms with Crippen molar-refractivity contribution in [1.29, 1.82) is 0 Å². The van der Waals surface area contributed by atoms with Crippen LogP contribution >= 0.6 is 0 Å². The highest BCUT2D eigenvalue weighted by Crippen LogP contribution is 2.33. The van der Waals surface area contributed by atoms with Gasteiger partial charge in [0.25, 0.3) is 0 Å². The van der Waals surface area contributed by atoms with Gasteiger partial charge in [-0.3, -0.25) is 4.57 Å². The SMILES string of the molecule is Cn1nc(C2CCCN(C(=O)Nc3cccc(F)c3)C2)n(C2CCCC2)c1=O. The van der Waals surface area contributed by atoms with E-state index in [1.165, 1.54) is 16.8 Å². The van der Waals surface area contributed by atoms with Gasteiger partial charge in [0.2, 0.25) is 0 Å². The molecule has 1 unspecified atom stereocenters. The lowest BCUT2D eigenvalue weighted by Crippen LogP contribution is -2.42. The predicted molar refractivity (Wildman–Crippen MR) is 104 cm³/mol. The second-order valence-electron chi connectivity index (χ2n) is 7.80. The van der Waals surface area contributed by atoms with Gasteiger partial charge < -0.3 is 10.2 Å². The van der Waals surface area contributed by atoms with Crippen molar-refractivity contribution in [2.24, 2.45) is 7.05 Å². The van der Waals surface area contributed by atoms with E-state index in [-0.39, 0.29) is 29.5 Å². The number of nitrogens with one attached hydrogen (secondary N) is 1. The fourth-order valence-corrected chi connectivity index (χ4v) is 4.42. The van der Waals surface area contributed by atoms with E-state index >= 15 is 0 Å². The molecule has 1 N–H and O–H groups in total. The van der Waals surface area contributed by atoms with E-state index in [4.69, 9.17) is 0 Å². The van der Waals surface area contributed by atoms with Gasteiger partial charge in [0.05, 0.1) is 0 Å². The summed E-state index contributed by atoms with van der Waals surface area (Å²) in [4.78, 5) is 27.0. The molecular formula is C20H26FN5O2. The Labute approximate surface area is 163 Å². The average molecular weight is 387 g/mol. The summed E-state index contributed by atoms with van der Waals surface area (Å²) in [6.45, 7) is 1.14. The van der Waals surface area contributed by atoms with Crippen LogP contribution in [0.2, 0.25) is 0 Å². The molecule has 7 nitrogen and oxygen atoms in total. The zero-order valence-corrected chi connectivity index (χ0v) is 16.1. The molecule has 1 saturated heterocycles. The molecule has 150 valence electrons. The first-order chi connectivity index (χ1) is 13.5. The first-order valence-corrected chi connectivity index (χ1v) is 10.00. The molecule has 8 heteroatoms. The smallest absolute Gasteiger partial charge is 0.324 e. The summed E-state index contributed by atoms with van der Waals surface area (Å²) in [5, 5.41) is 7.29. The molecule has 2 amide bonds. The molecule has 1 atom stereocenters. The van der Waals surface area contributed by atoms with Gasteiger partial charge in [-0.15, -0.1) is 0 Å². The molecular weight excluding hydrogens is 361 g/mol. The van der Waals surface area contributed by atoms with Crippen molar-refractivity contribution < 1.29 is 9.18 Å². The Kier molecular flexibility index (Phi) is 5.19. The molecule has 2 aromatic rings. The summed E-state index contributed by atoms with van der Waals surface area (Å²) >= 11 is 0. The van der Waals surface area contributed by atoms with Crippen LogP contribution in [-0.4, -0.2) is 38.4 Å². The van der Waals surface area contributed by atoms with Gasteiger partial charge in [-0.1, -0.05) is 18.9 Å². The normalized spacial score (nSPS) is 20.5. The van der Waals surface area contributed by atoms with Crippen LogP contribution in [0.5, 0.6) is 0 Å². The Morgan fingerprint density at radius 3 is 2.75 bits per heavy atom. The number of hydrogen-bond acceptors (Lipinski definition) is 3. The molecule has 0 bridgehead atoms. The molecule has 2 fully saturated rings. The third kappa shape index (κ3) is 3.68. The number of carbonyl (C=O) groups is 1. The molecule has 4 rings (SSSR count). The second-order valence-corrected chi connectivity index (χ2v) is 7.80. The molecule has 0 spiro atoms. The minimum atomic E-state index is -0.386. The number of nitrogens with zero attached hydrogens (tertiary/aromatic N) is 4. The van der Waals surface area contributed by atoms with Gasteiger partial charge in [-0.2, -0.15) is 5.10 Å². The van der Waals surface area contributed by atoms with Crippen LogP contribution < -0.4 is 11.0 Å². The summed E-state index contributed by atoms with van der Waals surface area (Å²) in [5.41, 5.74) is 0.371. The van der Waals surface area contributed by atoms with Gasteiger partial charge in [-0.05, 0) is 43.9 Å². The molecule has 1 aliphatic carbocycles. The predicted octanol–water partition coefficient (Wildman–Crippen LogP) is 3.25. The van der Waals surface area contributed by atoms with Gasteiger partial charge >= 0.3 is 11.7 Å². The number of likely N-dealkylation sites (tertiary alicyclic amines) is 1. The number of piperidine rings is 1. The van der Waals surface area contributed by atoms with Crippen LogP contribution in [0.4, 0.5) is 14.9 Å². The summed E-state index contributed by atoms with van der Waals surface area (Å²) in [7, 11) is 1.69. The van der Waals surface area contributed by atoms with E-state index in [1.54, 1.807) is 24.1 Å². The van der Waals surface area contributed by atoms with Crippen LogP contribution in [-0.2, 0) is 7.05 Å². The summed E-state index contributed by atoms with van der Waals surface area (Å²) in [5.74, 6) is 0.438. The lowest BCUT2D eigenvalue weighted by molar-refractivity contribution is 0.190. The van der Waals surface area contributed by atoms with E-state index in [9.17, 15) is 14.0 Å². The number of aryl methyl sites for hydroxylation is 1. The van der Waals surface area contributed by atoms with Gasteiger partial charge in [0, 0.05) is 37.8 Å². The van der Waals surface area contributed by atoms with Crippen molar-refractivity contribution >= 4 is 11.7 Å². The fraction of sp³-hybridized carbons (Fsp3) is 0.550. The van der Waals surface area contributed by atoms with Crippen LogP contribution in [0.25, 0.3) is 0 Å². The minimum absolute atomic E-state index is 0.0292. The zero-order valence-electron chi connectivity index (χ0n) is 16.1. The maximum atomic E-state index is 13.4. The first kappa shape index (κ1) is 18.7. The van der Waals surface area contributed by atoms with Crippen molar-refractivity contribution in [2.45, 2.75) is 50.5 Å². The maximum absolute atomic E-state index is 13.4. The van der Waals surface area contributed by atoms with E-state index in [0.29, 0.717) is 18.8 Å². The standard InChI is InChI=1S/C20H26FN5O2/c1-24-20(28)26(17-9-2-3-10-17)18(23-24)14-6-5-11-25(13-14)19(27)22-16-8-4-7-15(21)12-16/h4,7-8,12,14,17H,2-3,5-6,9-11,13H2,1H3,(H,22,27). The zero-order chi connectivity index (χ0) is 19.7. The van der Waals surface area contributed by atoms with Crippen molar-refractivity contribution in [3.63, 3.8) is 0 Å². The Balaban J connectivity index is 1.52. The maximum Gasteiger partial charge on any atom is 0.345 e. The minimum Gasteiger partial charge on any atom is -0.324 e. The monoisotopic (exact) mass is 387 g/mol. The third-order valence-corrected chi connectivity index (χ3v) is 5.82.